The molecule has 0 spiro atoms. The predicted octanol–water partition coefficient (Wildman–Crippen LogP) is 3.85. The second-order valence-electron chi connectivity index (χ2n) is 5.88. The molecule has 0 radical (unpaired) electrons. The highest BCUT2D eigenvalue weighted by Crippen LogP contribution is 2.20. The van der Waals surface area contributed by atoms with E-state index in [-0.39, 0.29) is 29.8 Å². The first-order valence-corrected chi connectivity index (χ1v) is 8.66. The van der Waals surface area contributed by atoms with Gasteiger partial charge in [0.1, 0.15) is 5.82 Å². The maximum atomic E-state index is 12.9. The smallest absolute Gasteiger partial charge is 0.191 e. The molecule has 1 aromatic carbocycles. The number of aliphatic imine (C=N–C) groups is 1. The van der Waals surface area contributed by atoms with Crippen LogP contribution in [0.25, 0.3) is 0 Å². The van der Waals surface area contributed by atoms with E-state index < -0.39 is 0 Å². The molecule has 0 amide bonds. The number of halogens is 2. The summed E-state index contributed by atoms with van der Waals surface area (Å²) in [5.41, 5.74) is 0.994. The topological polar surface area (TPSA) is 45.7 Å². The van der Waals surface area contributed by atoms with Gasteiger partial charge in [0.2, 0.25) is 0 Å². The van der Waals surface area contributed by atoms with Crippen LogP contribution in [0.5, 0.6) is 0 Å². The molecule has 0 saturated heterocycles. The van der Waals surface area contributed by atoms with Crippen LogP contribution in [-0.4, -0.2) is 31.8 Å². The lowest BCUT2D eigenvalue weighted by Gasteiger charge is -2.13. The Morgan fingerprint density at radius 1 is 1.21 bits per heavy atom. The minimum atomic E-state index is -0.218. The SMILES string of the molecule is CCNC(=NCc1ccc(F)cc1)NCCCOC1CCCC1.I. The molecule has 24 heavy (non-hydrogen) atoms. The monoisotopic (exact) mass is 449 g/mol. The highest BCUT2D eigenvalue weighted by molar-refractivity contribution is 14.0. The minimum Gasteiger partial charge on any atom is -0.378 e. The lowest BCUT2D eigenvalue weighted by Crippen LogP contribution is -2.38. The molecule has 0 aliphatic heterocycles. The Morgan fingerprint density at radius 3 is 2.58 bits per heavy atom. The van der Waals surface area contributed by atoms with E-state index in [1.807, 2.05) is 6.92 Å². The second kappa shape index (κ2) is 12.5. The van der Waals surface area contributed by atoms with Crippen LogP contribution in [0.4, 0.5) is 4.39 Å². The van der Waals surface area contributed by atoms with Crippen molar-refractivity contribution >= 4 is 29.9 Å². The molecule has 0 bridgehead atoms. The van der Waals surface area contributed by atoms with E-state index in [1.165, 1.54) is 37.8 Å². The molecule has 1 aliphatic carbocycles. The second-order valence-corrected chi connectivity index (χ2v) is 5.88. The molecular weight excluding hydrogens is 420 g/mol. The summed E-state index contributed by atoms with van der Waals surface area (Å²) in [6.45, 7) is 5.03. The van der Waals surface area contributed by atoms with Gasteiger partial charge in [-0.2, -0.15) is 0 Å². The molecule has 0 heterocycles. The number of nitrogens with zero attached hydrogens (tertiary/aromatic N) is 1. The number of hydrogen-bond donors (Lipinski definition) is 2. The summed E-state index contributed by atoms with van der Waals surface area (Å²) in [7, 11) is 0. The highest BCUT2D eigenvalue weighted by Gasteiger charge is 2.14. The van der Waals surface area contributed by atoms with Crippen molar-refractivity contribution in [3.8, 4) is 0 Å². The van der Waals surface area contributed by atoms with Crippen LogP contribution in [0.1, 0.15) is 44.6 Å². The third kappa shape index (κ3) is 8.28. The molecule has 1 fully saturated rings. The van der Waals surface area contributed by atoms with Crippen molar-refractivity contribution < 1.29 is 9.13 Å². The molecule has 0 unspecified atom stereocenters. The van der Waals surface area contributed by atoms with Gasteiger partial charge in [0.15, 0.2) is 5.96 Å². The molecule has 1 aromatic rings. The average molecular weight is 449 g/mol. The fourth-order valence-electron chi connectivity index (χ4n) is 2.69. The van der Waals surface area contributed by atoms with Crippen molar-refractivity contribution in [1.29, 1.82) is 0 Å². The molecule has 1 aliphatic rings. The fourth-order valence-corrected chi connectivity index (χ4v) is 2.69. The first-order chi connectivity index (χ1) is 11.3. The van der Waals surface area contributed by atoms with E-state index in [0.717, 1.165) is 37.6 Å². The quantitative estimate of drug-likeness (QED) is 0.274. The van der Waals surface area contributed by atoms with E-state index in [0.29, 0.717) is 12.6 Å². The molecule has 2 N–H and O–H groups in total. The number of benzene rings is 1. The lowest BCUT2D eigenvalue weighted by molar-refractivity contribution is 0.0574. The third-order valence-corrected chi connectivity index (χ3v) is 3.95. The Bertz CT molecular complexity index is 476. The highest BCUT2D eigenvalue weighted by atomic mass is 127. The van der Waals surface area contributed by atoms with Gasteiger partial charge >= 0.3 is 0 Å². The normalized spacial score (nSPS) is 15.2. The molecule has 2 rings (SSSR count). The number of hydrogen-bond acceptors (Lipinski definition) is 2. The first kappa shape index (κ1) is 21.2. The maximum Gasteiger partial charge on any atom is 0.191 e. The molecule has 0 atom stereocenters. The van der Waals surface area contributed by atoms with Crippen molar-refractivity contribution in [3.05, 3.63) is 35.6 Å². The van der Waals surface area contributed by atoms with Crippen LogP contribution in [0.2, 0.25) is 0 Å². The molecule has 4 nitrogen and oxygen atoms in total. The molecular formula is C18H29FIN3O. The summed E-state index contributed by atoms with van der Waals surface area (Å²) in [5.74, 6) is 0.572. The van der Waals surface area contributed by atoms with Crippen LogP contribution < -0.4 is 10.6 Å². The molecule has 0 aromatic heterocycles. The predicted molar refractivity (Wildman–Crippen MR) is 107 cm³/mol. The van der Waals surface area contributed by atoms with Gasteiger partial charge in [-0.15, -0.1) is 24.0 Å². The fraction of sp³-hybridized carbons (Fsp3) is 0.611. The summed E-state index contributed by atoms with van der Waals surface area (Å²) in [4.78, 5) is 4.52. The van der Waals surface area contributed by atoms with E-state index in [9.17, 15) is 4.39 Å². The molecule has 1 saturated carbocycles. The number of guanidine groups is 1. The Hall–Kier alpha value is -0.890. The molecule has 6 heteroatoms. The van der Waals surface area contributed by atoms with Gasteiger partial charge < -0.3 is 15.4 Å². The Kier molecular flexibility index (Phi) is 11.0. The zero-order valence-corrected chi connectivity index (χ0v) is 16.7. The lowest BCUT2D eigenvalue weighted by atomic mass is 10.2. The Labute approximate surface area is 161 Å². The number of ether oxygens (including phenoxy) is 1. The maximum absolute atomic E-state index is 12.9. The van der Waals surface area contributed by atoms with Crippen molar-refractivity contribution in [1.82, 2.24) is 10.6 Å². The van der Waals surface area contributed by atoms with E-state index in [4.69, 9.17) is 4.74 Å². The van der Waals surface area contributed by atoms with Crippen LogP contribution in [0.15, 0.2) is 29.3 Å². The molecule has 136 valence electrons. The van der Waals surface area contributed by atoms with Gasteiger partial charge in [-0.3, -0.25) is 0 Å². The number of nitrogens with one attached hydrogen (secondary N) is 2. The summed E-state index contributed by atoms with van der Waals surface area (Å²) in [6.07, 6.45) is 6.50. The van der Waals surface area contributed by atoms with Crippen LogP contribution in [0.3, 0.4) is 0 Å². The van der Waals surface area contributed by atoms with Gasteiger partial charge in [-0.05, 0) is 43.9 Å². The summed E-state index contributed by atoms with van der Waals surface area (Å²) >= 11 is 0. The summed E-state index contributed by atoms with van der Waals surface area (Å²) in [6, 6.07) is 6.45. The standard InChI is InChI=1S/C18H28FN3O.HI/c1-2-20-18(22-14-15-8-10-16(19)11-9-15)21-12-5-13-23-17-6-3-4-7-17;/h8-11,17H,2-7,12-14H2,1H3,(H2,20,21,22);1H. The van der Waals surface area contributed by atoms with Gasteiger partial charge in [-0.25, -0.2) is 9.38 Å². The average Bonchev–Trinajstić information content (AvgIpc) is 3.07. The zero-order valence-electron chi connectivity index (χ0n) is 14.4. The van der Waals surface area contributed by atoms with Gasteiger partial charge in [0.05, 0.1) is 12.6 Å². The van der Waals surface area contributed by atoms with E-state index in [2.05, 4.69) is 15.6 Å². The van der Waals surface area contributed by atoms with Crippen LogP contribution in [0, 0.1) is 5.82 Å². The van der Waals surface area contributed by atoms with Gasteiger partial charge in [0, 0.05) is 19.7 Å². The Balaban J connectivity index is 0.00000288. The first-order valence-electron chi connectivity index (χ1n) is 8.66. The summed E-state index contributed by atoms with van der Waals surface area (Å²) < 4.78 is 18.7. The van der Waals surface area contributed by atoms with Crippen molar-refractivity contribution in [3.63, 3.8) is 0 Å². The minimum absolute atomic E-state index is 0. The van der Waals surface area contributed by atoms with Gasteiger partial charge in [0.25, 0.3) is 0 Å². The Morgan fingerprint density at radius 2 is 1.92 bits per heavy atom. The zero-order chi connectivity index (χ0) is 16.3. The van der Waals surface area contributed by atoms with Crippen molar-refractivity contribution in [2.45, 2.75) is 51.7 Å². The van der Waals surface area contributed by atoms with Crippen molar-refractivity contribution in [2.24, 2.45) is 4.99 Å². The van der Waals surface area contributed by atoms with Crippen LogP contribution in [-0.2, 0) is 11.3 Å². The van der Waals surface area contributed by atoms with Crippen molar-refractivity contribution in [2.75, 3.05) is 19.7 Å². The van der Waals surface area contributed by atoms with Crippen LogP contribution >= 0.6 is 24.0 Å². The third-order valence-electron chi connectivity index (χ3n) is 3.95. The largest absolute Gasteiger partial charge is 0.378 e. The van der Waals surface area contributed by atoms with Gasteiger partial charge in [-0.1, -0.05) is 25.0 Å². The van der Waals surface area contributed by atoms with E-state index >= 15 is 0 Å². The number of rotatable bonds is 8. The summed E-state index contributed by atoms with van der Waals surface area (Å²) in [5, 5.41) is 6.53. The van der Waals surface area contributed by atoms with E-state index in [1.54, 1.807) is 12.1 Å².